The van der Waals surface area contributed by atoms with Crippen LogP contribution in [0.15, 0.2) is 22.7 Å². The minimum atomic E-state index is -0.281. The van der Waals surface area contributed by atoms with Crippen molar-refractivity contribution in [3.8, 4) is 11.5 Å². The first-order chi connectivity index (χ1) is 9.65. The van der Waals surface area contributed by atoms with E-state index in [9.17, 15) is 0 Å². The van der Waals surface area contributed by atoms with Gasteiger partial charge in [-0.25, -0.2) is 0 Å². The molecule has 0 bridgehead atoms. The molecule has 2 aromatic heterocycles. The van der Waals surface area contributed by atoms with E-state index in [0.29, 0.717) is 6.54 Å². The van der Waals surface area contributed by atoms with Crippen LogP contribution in [0.5, 0.6) is 0 Å². The summed E-state index contributed by atoms with van der Waals surface area (Å²) in [5.74, 6) is 1.67. The zero-order valence-electron chi connectivity index (χ0n) is 12.3. The van der Waals surface area contributed by atoms with Gasteiger partial charge >= 0.3 is 0 Å². The number of hydrogen-bond acceptors (Lipinski definition) is 5. The smallest absolute Gasteiger partial charge is 0.171 e. The Morgan fingerprint density at radius 1 is 1.35 bits per heavy atom. The van der Waals surface area contributed by atoms with Crippen LogP contribution in [0.1, 0.15) is 18.2 Å². The zero-order valence-corrected chi connectivity index (χ0v) is 12.3. The molecule has 20 heavy (non-hydrogen) atoms. The van der Waals surface area contributed by atoms with Crippen LogP contribution in [0.2, 0.25) is 0 Å². The van der Waals surface area contributed by atoms with Crippen LogP contribution in [0.25, 0.3) is 11.5 Å². The number of aryl methyl sites for hydroxylation is 1. The Balaban J connectivity index is 2.03. The van der Waals surface area contributed by atoms with E-state index in [1.54, 1.807) is 20.4 Å². The molecule has 6 nitrogen and oxygen atoms in total. The number of furan rings is 1. The Bertz CT molecular complexity index is 531. The molecule has 0 amide bonds. The Kier molecular flexibility index (Phi) is 4.94. The first-order valence-corrected chi connectivity index (χ1v) is 6.53. The lowest BCUT2D eigenvalue weighted by Crippen LogP contribution is -2.39. The third kappa shape index (κ3) is 3.27. The summed E-state index contributed by atoms with van der Waals surface area (Å²) in [6.07, 6.45) is 1.51. The van der Waals surface area contributed by atoms with Gasteiger partial charge in [0.05, 0.1) is 12.2 Å². The number of hydrogen-bond donors (Lipinski definition) is 2. The number of methoxy groups -OCH3 is 2. The molecule has 2 heterocycles. The SMILES string of the molecule is COC(OC)C(C)NCc1cn[nH]c1-c1ccc(C)o1. The number of aromatic nitrogens is 2. The summed E-state index contributed by atoms with van der Waals surface area (Å²) < 4.78 is 16.1. The highest BCUT2D eigenvalue weighted by Gasteiger charge is 2.17. The minimum Gasteiger partial charge on any atom is -0.460 e. The minimum absolute atomic E-state index is 0.0612. The molecule has 2 N–H and O–H groups in total. The van der Waals surface area contributed by atoms with Gasteiger partial charge in [-0.15, -0.1) is 0 Å². The van der Waals surface area contributed by atoms with Crippen LogP contribution in [0, 0.1) is 6.92 Å². The van der Waals surface area contributed by atoms with E-state index in [1.807, 2.05) is 26.0 Å². The van der Waals surface area contributed by atoms with Crippen molar-refractivity contribution < 1.29 is 13.9 Å². The van der Waals surface area contributed by atoms with Gasteiger partial charge in [0.15, 0.2) is 12.1 Å². The van der Waals surface area contributed by atoms with Gasteiger partial charge < -0.3 is 19.2 Å². The maximum Gasteiger partial charge on any atom is 0.171 e. The molecule has 0 fully saturated rings. The molecule has 2 aromatic rings. The molecule has 0 saturated heterocycles. The molecule has 6 heteroatoms. The highest BCUT2D eigenvalue weighted by molar-refractivity contribution is 5.56. The van der Waals surface area contributed by atoms with Crippen LogP contribution in [0.3, 0.4) is 0 Å². The van der Waals surface area contributed by atoms with Crippen molar-refractivity contribution in [3.05, 3.63) is 29.7 Å². The lowest BCUT2D eigenvalue weighted by Gasteiger charge is -2.22. The van der Waals surface area contributed by atoms with E-state index in [-0.39, 0.29) is 12.3 Å². The molecule has 0 saturated carbocycles. The number of H-pyrrole nitrogens is 1. The molecule has 0 aliphatic heterocycles. The maximum atomic E-state index is 5.62. The van der Waals surface area contributed by atoms with Gasteiger partial charge in [0.25, 0.3) is 0 Å². The molecular formula is C14H21N3O3. The molecule has 0 aliphatic carbocycles. The van der Waals surface area contributed by atoms with Crippen molar-refractivity contribution in [2.45, 2.75) is 32.7 Å². The number of nitrogens with zero attached hydrogens (tertiary/aromatic N) is 1. The van der Waals surface area contributed by atoms with Gasteiger partial charge in [-0.05, 0) is 26.0 Å². The molecule has 2 rings (SSSR count). The molecule has 0 aliphatic rings. The number of rotatable bonds is 7. The maximum absolute atomic E-state index is 5.62. The third-order valence-corrected chi connectivity index (χ3v) is 3.19. The fourth-order valence-electron chi connectivity index (χ4n) is 2.10. The van der Waals surface area contributed by atoms with Gasteiger partial charge in [0.2, 0.25) is 0 Å². The molecule has 0 aromatic carbocycles. The van der Waals surface area contributed by atoms with Gasteiger partial charge in [-0.2, -0.15) is 5.10 Å². The zero-order chi connectivity index (χ0) is 14.5. The first kappa shape index (κ1) is 14.8. The Morgan fingerprint density at radius 2 is 2.10 bits per heavy atom. The highest BCUT2D eigenvalue weighted by atomic mass is 16.7. The van der Waals surface area contributed by atoms with Crippen LogP contribution >= 0.6 is 0 Å². The normalized spacial score (nSPS) is 13.1. The first-order valence-electron chi connectivity index (χ1n) is 6.53. The largest absolute Gasteiger partial charge is 0.460 e. The summed E-state index contributed by atoms with van der Waals surface area (Å²) in [5, 5.41) is 10.4. The van der Waals surface area contributed by atoms with Crippen molar-refractivity contribution >= 4 is 0 Å². The van der Waals surface area contributed by atoms with Crippen LogP contribution in [-0.2, 0) is 16.0 Å². The van der Waals surface area contributed by atoms with Crippen molar-refractivity contribution in [3.63, 3.8) is 0 Å². The molecule has 0 radical (unpaired) electrons. The lowest BCUT2D eigenvalue weighted by molar-refractivity contribution is -0.119. The van der Waals surface area contributed by atoms with E-state index in [2.05, 4.69) is 15.5 Å². The quantitative estimate of drug-likeness (QED) is 0.759. The Labute approximate surface area is 118 Å². The predicted octanol–water partition coefficient (Wildman–Crippen LogP) is 2.08. The standard InChI is InChI=1S/C14H21N3O3/c1-9-5-6-12(20-9)13-11(8-16-17-13)7-15-10(2)14(18-3)19-4/h5-6,8,10,14-15H,7H2,1-4H3,(H,16,17). The van der Waals surface area contributed by atoms with E-state index >= 15 is 0 Å². The highest BCUT2D eigenvalue weighted by Crippen LogP contribution is 2.23. The second-order valence-corrected chi connectivity index (χ2v) is 4.69. The Morgan fingerprint density at radius 3 is 2.70 bits per heavy atom. The molecule has 1 unspecified atom stereocenters. The van der Waals surface area contributed by atoms with Crippen molar-refractivity contribution in [1.82, 2.24) is 15.5 Å². The summed E-state index contributed by atoms with van der Waals surface area (Å²) in [6, 6.07) is 3.93. The number of aromatic amines is 1. The molecule has 1 atom stereocenters. The van der Waals surface area contributed by atoms with E-state index < -0.39 is 0 Å². The van der Waals surface area contributed by atoms with Crippen LogP contribution in [-0.4, -0.2) is 36.7 Å². The van der Waals surface area contributed by atoms with Crippen LogP contribution in [0.4, 0.5) is 0 Å². The topological polar surface area (TPSA) is 72.3 Å². The molecule has 0 spiro atoms. The average Bonchev–Trinajstić information content (AvgIpc) is 3.06. The fourth-order valence-corrected chi connectivity index (χ4v) is 2.10. The third-order valence-electron chi connectivity index (χ3n) is 3.19. The number of nitrogens with one attached hydrogen (secondary N) is 2. The van der Waals surface area contributed by atoms with Gasteiger partial charge in [-0.3, -0.25) is 5.10 Å². The summed E-state index contributed by atoms with van der Waals surface area (Å²) in [4.78, 5) is 0. The lowest BCUT2D eigenvalue weighted by atomic mass is 10.2. The van der Waals surface area contributed by atoms with E-state index in [0.717, 1.165) is 22.8 Å². The van der Waals surface area contributed by atoms with E-state index in [1.165, 1.54) is 0 Å². The predicted molar refractivity (Wildman–Crippen MR) is 75.1 cm³/mol. The van der Waals surface area contributed by atoms with Crippen molar-refractivity contribution in [1.29, 1.82) is 0 Å². The second-order valence-electron chi connectivity index (χ2n) is 4.69. The average molecular weight is 279 g/mol. The Hall–Kier alpha value is -1.63. The van der Waals surface area contributed by atoms with Crippen molar-refractivity contribution in [2.75, 3.05) is 14.2 Å². The van der Waals surface area contributed by atoms with E-state index in [4.69, 9.17) is 13.9 Å². The summed E-state index contributed by atoms with van der Waals surface area (Å²) in [5.41, 5.74) is 1.93. The van der Waals surface area contributed by atoms with Crippen molar-refractivity contribution in [2.24, 2.45) is 0 Å². The van der Waals surface area contributed by atoms with Gasteiger partial charge in [0, 0.05) is 26.3 Å². The second kappa shape index (κ2) is 6.69. The molecular weight excluding hydrogens is 258 g/mol. The summed E-state index contributed by atoms with van der Waals surface area (Å²) >= 11 is 0. The monoisotopic (exact) mass is 279 g/mol. The molecule has 110 valence electrons. The van der Waals surface area contributed by atoms with Gasteiger partial charge in [0.1, 0.15) is 11.5 Å². The fraction of sp³-hybridized carbons (Fsp3) is 0.500. The van der Waals surface area contributed by atoms with Gasteiger partial charge in [-0.1, -0.05) is 0 Å². The number of ether oxygens (including phenoxy) is 2. The summed E-state index contributed by atoms with van der Waals surface area (Å²) in [7, 11) is 3.25. The van der Waals surface area contributed by atoms with Crippen LogP contribution < -0.4 is 5.32 Å². The summed E-state index contributed by atoms with van der Waals surface area (Å²) in [6.45, 7) is 4.58.